The highest BCUT2D eigenvalue weighted by Crippen LogP contribution is 2.29. The number of nitrogens with zero attached hydrogens (tertiary/aromatic N) is 1. The lowest BCUT2D eigenvalue weighted by atomic mass is 10.1. The molecule has 0 aliphatic carbocycles. The van der Waals surface area contributed by atoms with E-state index in [2.05, 4.69) is 73.3 Å². The SMILES string of the molecule is CCCCCCCCCN(c1ccccc1)c1ccccc1CC. The minimum absolute atomic E-state index is 1.08. The normalized spacial score (nSPS) is 10.8. The minimum atomic E-state index is 1.08. The molecule has 0 fully saturated rings. The molecule has 0 aliphatic heterocycles. The summed E-state index contributed by atoms with van der Waals surface area (Å²) in [4.78, 5) is 2.50. The average Bonchev–Trinajstić information content (AvgIpc) is 2.65. The van der Waals surface area contributed by atoms with Crippen LogP contribution in [0.4, 0.5) is 11.4 Å². The molecule has 2 aromatic carbocycles. The van der Waals surface area contributed by atoms with Gasteiger partial charge in [-0.3, -0.25) is 0 Å². The van der Waals surface area contributed by atoms with Crippen molar-refractivity contribution < 1.29 is 0 Å². The lowest BCUT2D eigenvalue weighted by molar-refractivity contribution is 0.591. The van der Waals surface area contributed by atoms with E-state index < -0.39 is 0 Å². The molecule has 0 aliphatic rings. The van der Waals surface area contributed by atoms with Crippen molar-refractivity contribution in [3.8, 4) is 0 Å². The monoisotopic (exact) mass is 323 g/mol. The summed E-state index contributed by atoms with van der Waals surface area (Å²) in [6, 6.07) is 19.7. The van der Waals surface area contributed by atoms with Crippen molar-refractivity contribution >= 4 is 11.4 Å². The number of hydrogen-bond acceptors (Lipinski definition) is 1. The van der Waals surface area contributed by atoms with Gasteiger partial charge in [-0.2, -0.15) is 0 Å². The zero-order chi connectivity index (χ0) is 17.0. The minimum Gasteiger partial charge on any atom is -0.341 e. The second kappa shape index (κ2) is 10.9. The van der Waals surface area contributed by atoms with Gasteiger partial charge in [-0.15, -0.1) is 0 Å². The number of para-hydroxylation sites is 2. The van der Waals surface area contributed by atoms with Crippen LogP contribution >= 0.6 is 0 Å². The Balaban J connectivity index is 2.00. The molecule has 0 aromatic heterocycles. The summed E-state index contributed by atoms with van der Waals surface area (Å²) in [6.07, 6.45) is 10.6. The standard InChI is InChI=1S/C23H33N/c1-3-5-6-7-8-9-15-20-24(22-17-11-10-12-18-22)23-19-14-13-16-21(23)4-2/h10-14,16-19H,3-9,15,20H2,1-2H3. The van der Waals surface area contributed by atoms with E-state index in [9.17, 15) is 0 Å². The molecule has 0 saturated carbocycles. The first-order chi connectivity index (χ1) is 11.9. The van der Waals surface area contributed by atoms with Crippen molar-refractivity contribution in [1.29, 1.82) is 0 Å². The highest BCUT2D eigenvalue weighted by molar-refractivity contribution is 5.66. The van der Waals surface area contributed by atoms with Gasteiger partial charge in [-0.1, -0.05) is 88.8 Å². The van der Waals surface area contributed by atoms with Crippen LogP contribution in [0.25, 0.3) is 0 Å². The van der Waals surface area contributed by atoms with E-state index in [1.807, 2.05) is 0 Å². The Morgan fingerprint density at radius 2 is 1.29 bits per heavy atom. The van der Waals surface area contributed by atoms with E-state index in [4.69, 9.17) is 0 Å². The Labute approximate surface area is 148 Å². The molecule has 0 N–H and O–H groups in total. The maximum absolute atomic E-state index is 2.50. The van der Waals surface area contributed by atoms with Crippen LogP contribution in [-0.2, 0) is 6.42 Å². The van der Waals surface area contributed by atoms with Crippen LogP contribution in [0.15, 0.2) is 54.6 Å². The maximum atomic E-state index is 2.50. The molecule has 2 aromatic rings. The predicted molar refractivity (Wildman–Crippen MR) is 107 cm³/mol. The molecule has 0 radical (unpaired) electrons. The van der Waals surface area contributed by atoms with Crippen LogP contribution in [-0.4, -0.2) is 6.54 Å². The van der Waals surface area contributed by atoms with E-state index >= 15 is 0 Å². The largest absolute Gasteiger partial charge is 0.341 e. The third-order valence-electron chi connectivity index (χ3n) is 4.72. The van der Waals surface area contributed by atoms with E-state index in [0.29, 0.717) is 0 Å². The Kier molecular flexibility index (Phi) is 8.45. The molecule has 0 spiro atoms. The molecule has 130 valence electrons. The number of aryl methyl sites for hydroxylation is 1. The van der Waals surface area contributed by atoms with Crippen LogP contribution in [0.2, 0.25) is 0 Å². The van der Waals surface area contributed by atoms with E-state index in [1.54, 1.807) is 0 Å². The molecule has 1 heteroatoms. The highest BCUT2D eigenvalue weighted by Gasteiger charge is 2.11. The zero-order valence-electron chi connectivity index (χ0n) is 15.5. The topological polar surface area (TPSA) is 3.24 Å². The van der Waals surface area contributed by atoms with Crippen molar-refractivity contribution in [1.82, 2.24) is 0 Å². The van der Waals surface area contributed by atoms with Gasteiger partial charge >= 0.3 is 0 Å². The fourth-order valence-corrected chi connectivity index (χ4v) is 3.30. The quantitative estimate of drug-likeness (QED) is 0.397. The van der Waals surface area contributed by atoms with Gasteiger partial charge in [0.15, 0.2) is 0 Å². The first-order valence-corrected chi connectivity index (χ1v) is 9.77. The fraction of sp³-hybridized carbons (Fsp3) is 0.478. The van der Waals surface area contributed by atoms with Crippen LogP contribution in [0.1, 0.15) is 64.4 Å². The lowest BCUT2D eigenvalue weighted by Crippen LogP contribution is -2.19. The van der Waals surface area contributed by atoms with Gasteiger partial charge in [0.25, 0.3) is 0 Å². The molecular weight excluding hydrogens is 290 g/mol. The molecule has 0 unspecified atom stereocenters. The van der Waals surface area contributed by atoms with Gasteiger partial charge in [-0.05, 0) is 36.6 Å². The summed E-state index contributed by atoms with van der Waals surface area (Å²) >= 11 is 0. The van der Waals surface area contributed by atoms with E-state index in [0.717, 1.165) is 13.0 Å². The summed E-state index contributed by atoms with van der Waals surface area (Å²) in [5, 5.41) is 0. The molecule has 0 heterocycles. The molecule has 0 amide bonds. The smallest absolute Gasteiger partial charge is 0.0443 e. The third kappa shape index (κ3) is 5.70. The predicted octanol–water partition coefficient (Wildman–Crippen LogP) is 7.14. The Morgan fingerprint density at radius 1 is 0.667 bits per heavy atom. The Bertz CT molecular complexity index is 561. The average molecular weight is 324 g/mol. The van der Waals surface area contributed by atoms with Gasteiger partial charge in [0.1, 0.15) is 0 Å². The maximum Gasteiger partial charge on any atom is 0.0443 e. The molecule has 0 bridgehead atoms. The number of rotatable bonds is 11. The van der Waals surface area contributed by atoms with Crippen molar-refractivity contribution in [2.45, 2.75) is 65.2 Å². The second-order valence-corrected chi connectivity index (χ2v) is 6.59. The Morgan fingerprint density at radius 3 is 2.00 bits per heavy atom. The summed E-state index contributed by atoms with van der Waals surface area (Å²) in [6.45, 7) is 5.63. The van der Waals surface area contributed by atoms with Crippen molar-refractivity contribution in [2.75, 3.05) is 11.4 Å². The third-order valence-corrected chi connectivity index (χ3v) is 4.72. The van der Waals surface area contributed by atoms with E-state index in [1.165, 1.54) is 61.9 Å². The summed E-state index contributed by atoms with van der Waals surface area (Å²) < 4.78 is 0. The number of anilines is 2. The highest BCUT2D eigenvalue weighted by atomic mass is 15.1. The fourth-order valence-electron chi connectivity index (χ4n) is 3.30. The summed E-state index contributed by atoms with van der Waals surface area (Å²) in [5.74, 6) is 0. The molecule has 0 atom stereocenters. The number of hydrogen-bond donors (Lipinski definition) is 0. The van der Waals surface area contributed by atoms with Gasteiger partial charge in [0.2, 0.25) is 0 Å². The number of benzene rings is 2. The van der Waals surface area contributed by atoms with Crippen LogP contribution in [0.3, 0.4) is 0 Å². The first-order valence-electron chi connectivity index (χ1n) is 9.77. The molecular formula is C23H33N. The van der Waals surface area contributed by atoms with Crippen LogP contribution in [0.5, 0.6) is 0 Å². The van der Waals surface area contributed by atoms with E-state index in [-0.39, 0.29) is 0 Å². The van der Waals surface area contributed by atoms with Crippen molar-refractivity contribution in [2.24, 2.45) is 0 Å². The molecule has 1 nitrogen and oxygen atoms in total. The lowest BCUT2D eigenvalue weighted by Gasteiger charge is -2.27. The molecule has 24 heavy (non-hydrogen) atoms. The van der Waals surface area contributed by atoms with Gasteiger partial charge in [-0.25, -0.2) is 0 Å². The Hall–Kier alpha value is -1.76. The van der Waals surface area contributed by atoms with Gasteiger partial charge < -0.3 is 4.90 Å². The molecule has 2 rings (SSSR count). The van der Waals surface area contributed by atoms with Gasteiger partial charge in [0, 0.05) is 17.9 Å². The second-order valence-electron chi connectivity index (χ2n) is 6.59. The van der Waals surface area contributed by atoms with Crippen LogP contribution < -0.4 is 4.90 Å². The summed E-state index contributed by atoms with van der Waals surface area (Å²) in [5.41, 5.74) is 4.12. The van der Waals surface area contributed by atoms with Crippen molar-refractivity contribution in [3.05, 3.63) is 60.2 Å². The first kappa shape index (κ1) is 18.6. The number of unbranched alkanes of at least 4 members (excludes halogenated alkanes) is 6. The molecule has 0 saturated heterocycles. The zero-order valence-corrected chi connectivity index (χ0v) is 15.5. The van der Waals surface area contributed by atoms with Gasteiger partial charge in [0.05, 0.1) is 0 Å². The van der Waals surface area contributed by atoms with Crippen LogP contribution in [0, 0.1) is 0 Å². The van der Waals surface area contributed by atoms with Crippen molar-refractivity contribution in [3.63, 3.8) is 0 Å². The summed E-state index contributed by atoms with van der Waals surface area (Å²) in [7, 11) is 0.